The lowest BCUT2D eigenvalue weighted by molar-refractivity contribution is 0.330. The monoisotopic (exact) mass is 365 g/mol. The number of nitrogens with zero attached hydrogens (tertiary/aromatic N) is 1. The van der Waals surface area contributed by atoms with Crippen LogP contribution in [0.2, 0.25) is 5.02 Å². The first kappa shape index (κ1) is 16.8. The van der Waals surface area contributed by atoms with E-state index in [1.54, 1.807) is 36.4 Å². The summed E-state index contributed by atoms with van der Waals surface area (Å²) in [5, 5.41) is 0.193. The van der Waals surface area contributed by atoms with Crippen molar-refractivity contribution in [1.82, 2.24) is 4.31 Å². The van der Waals surface area contributed by atoms with Gasteiger partial charge in [0.25, 0.3) is 0 Å². The van der Waals surface area contributed by atoms with Gasteiger partial charge >= 0.3 is 0 Å². The molecule has 5 nitrogen and oxygen atoms in total. The molecule has 0 amide bonds. The molecule has 3 rings (SSSR count). The van der Waals surface area contributed by atoms with Gasteiger partial charge in [0.15, 0.2) is 0 Å². The average molecular weight is 366 g/mol. The molecule has 0 aliphatic heterocycles. The van der Waals surface area contributed by atoms with Crippen LogP contribution < -0.4 is 0 Å². The van der Waals surface area contributed by atoms with Crippen LogP contribution in [0.5, 0.6) is 0 Å². The molecule has 0 radical (unpaired) electrons. The van der Waals surface area contributed by atoms with Crippen LogP contribution in [-0.2, 0) is 23.1 Å². The maximum atomic E-state index is 13.1. The Hall–Kier alpha value is -2.02. The molecular weight excluding hydrogens is 350 g/mol. The van der Waals surface area contributed by atoms with Crippen molar-refractivity contribution in [3.63, 3.8) is 0 Å². The largest absolute Gasteiger partial charge is 0.468 e. The van der Waals surface area contributed by atoms with E-state index in [9.17, 15) is 8.42 Å². The Morgan fingerprint density at radius 3 is 2.04 bits per heavy atom. The zero-order valence-corrected chi connectivity index (χ0v) is 14.5. The van der Waals surface area contributed by atoms with Crippen LogP contribution in [0.1, 0.15) is 17.1 Å². The van der Waals surface area contributed by atoms with Gasteiger partial charge < -0.3 is 8.83 Å². The van der Waals surface area contributed by atoms with Crippen LogP contribution in [0.4, 0.5) is 0 Å². The SMILES string of the molecule is Cc1ccc(S(=O)(=O)N(Cc2ccco2)Cc2ccco2)c(Cl)c1. The number of rotatable bonds is 6. The molecule has 3 aromatic rings. The summed E-state index contributed by atoms with van der Waals surface area (Å²) in [6, 6.07) is 11.7. The molecule has 0 fully saturated rings. The molecule has 0 atom stereocenters. The minimum absolute atomic E-state index is 0.0629. The summed E-state index contributed by atoms with van der Waals surface area (Å²) in [6.07, 6.45) is 3.01. The van der Waals surface area contributed by atoms with E-state index in [-0.39, 0.29) is 23.0 Å². The lowest BCUT2D eigenvalue weighted by Crippen LogP contribution is -2.30. The highest BCUT2D eigenvalue weighted by Crippen LogP contribution is 2.28. The van der Waals surface area contributed by atoms with Crippen molar-refractivity contribution in [3.8, 4) is 0 Å². The molecule has 0 bridgehead atoms. The van der Waals surface area contributed by atoms with Crippen LogP contribution in [0.15, 0.2) is 68.7 Å². The van der Waals surface area contributed by atoms with Crippen molar-refractivity contribution in [2.75, 3.05) is 0 Å². The van der Waals surface area contributed by atoms with Gasteiger partial charge in [-0.2, -0.15) is 4.31 Å². The van der Waals surface area contributed by atoms with Crippen LogP contribution in [0, 0.1) is 6.92 Å². The Balaban J connectivity index is 1.99. The Kier molecular flexibility index (Phi) is 4.80. The maximum absolute atomic E-state index is 13.1. The fourth-order valence-electron chi connectivity index (χ4n) is 2.33. The van der Waals surface area contributed by atoms with Crippen LogP contribution in [0.25, 0.3) is 0 Å². The second-order valence-electron chi connectivity index (χ2n) is 5.37. The third-order valence-electron chi connectivity index (χ3n) is 3.53. The third-order valence-corrected chi connectivity index (χ3v) is 5.80. The van der Waals surface area contributed by atoms with Gasteiger partial charge in [-0.1, -0.05) is 17.7 Å². The molecule has 2 aromatic heterocycles. The molecule has 0 aliphatic rings. The summed E-state index contributed by atoms with van der Waals surface area (Å²) >= 11 is 6.17. The van der Waals surface area contributed by atoms with Gasteiger partial charge in [-0.3, -0.25) is 0 Å². The number of hydrogen-bond donors (Lipinski definition) is 0. The molecule has 0 unspecified atom stereocenters. The van der Waals surface area contributed by atoms with Gasteiger partial charge in [0.2, 0.25) is 10.0 Å². The van der Waals surface area contributed by atoms with Crippen LogP contribution >= 0.6 is 11.6 Å². The van der Waals surface area contributed by atoms with Crippen LogP contribution in [0.3, 0.4) is 0 Å². The third kappa shape index (κ3) is 3.56. The predicted molar refractivity (Wildman–Crippen MR) is 90.0 cm³/mol. The smallest absolute Gasteiger partial charge is 0.245 e. The van der Waals surface area contributed by atoms with Crippen molar-refractivity contribution in [2.24, 2.45) is 0 Å². The Morgan fingerprint density at radius 2 is 1.58 bits per heavy atom. The van der Waals surface area contributed by atoms with Crippen molar-refractivity contribution in [3.05, 3.63) is 77.1 Å². The fourth-order valence-corrected chi connectivity index (χ4v) is 4.28. The van der Waals surface area contributed by atoms with Crippen molar-refractivity contribution in [1.29, 1.82) is 0 Å². The standard InChI is InChI=1S/C17H16ClNO4S/c1-13-6-7-17(16(18)10-13)24(20,21)19(11-14-4-2-8-22-14)12-15-5-3-9-23-15/h2-10H,11-12H2,1H3. The van der Waals surface area contributed by atoms with Crippen molar-refractivity contribution < 1.29 is 17.3 Å². The molecule has 0 aliphatic carbocycles. The molecule has 126 valence electrons. The van der Waals surface area contributed by atoms with Gasteiger partial charge in [-0.05, 0) is 48.9 Å². The molecule has 0 N–H and O–H groups in total. The number of aryl methyl sites for hydroxylation is 1. The maximum Gasteiger partial charge on any atom is 0.245 e. The Bertz CT molecular complexity index is 866. The molecule has 0 spiro atoms. The van der Waals surface area contributed by atoms with E-state index < -0.39 is 10.0 Å². The molecule has 2 heterocycles. The van der Waals surface area contributed by atoms with E-state index in [4.69, 9.17) is 20.4 Å². The lowest BCUT2D eigenvalue weighted by atomic mass is 10.2. The molecular formula is C17H16ClNO4S. The number of furan rings is 2. The van der Waals surface area contributed by atoms with Gasteiger partial charge in [0.05, 0.1) is 30.6 Å². The fraction of sp³-hybridized carbons (Fsp3) is 0.176. The lowest BCUT2D eigenvalue weighted by Gasteiger charge is -2.21. The van der Waals surface area contributed by atoms with E-state index in [1.807, 2.05) is 6.92 Å². The first-order valence-corrected chi connectivity index (χ1v) is 9.09. The van der Waals surface area contributed by atoms with E-state index >= 15 is 0 Å². The summed E-state index contributed by atoms with van der Waals surface area (Å²) < 4.78 is 38.0. The molecule has 24 heavy (non-hydrogen) atoms. The zero-order valence-electron chi connectivity index (χ0n) is 13.0. The number of halogens is 1. The summed E-state index contributed by atoms with van der Waals surface area (Å²) in [5.74, 6) is 1.07. The van der Waals surface area contributed by atoms with Gasteiger partial charge in [0.1, 0.15) is 16.4 Å². The van der Waals surface area contributed by atoms with Gasteiger partial charge in [-0.25, -0.2) is 8.42 Å². The molecule has 1 aromatic carbocycles. The number of sulfonamides is 1. The first-order chi connectivity index (χ1) is 11.5. The summed E-state index contributed by atoms with van der Waals surface area (Å²) in [6.45, 7) is 2.02. The van der Waals surface area contributed by atoms with E-state index in [1.165, 1.54) is 22.9 Å². The minimum Gasteiger partial charge on any atom is -0.468 e. The average Bonchev–Trinajstić information content (AvgIpc) is 3.19. The van der Waals surface area contributed by atoms with E-state index in [0.717, 1.165) is 5.56 Å². The second kappa shape index (κ2) is 6.84. The predicted octanol–water partition coefficient (Wildman–Crippen LogP) is 4.23. The first-order valence-electron chi connectivity index (χ1n) is 7.28. The van der Waals surface area contributed by atoms with Gasteiger partial charge in [0, 0.05) is 0 Å². The zero-order chi connectivity index (χ0) is 17.2. The van der Waals surface area contributed by atoms with E-state index in [2.05, 4.69) is 0 Å². The molecule has 0 saturated heterocycles. The van der Waals surface area contributed by atoms with Crippen molar-refractivity contribution >= 4 is 21.6 Å². The summed E-state index contributed by atoms with van der Waals surface area (Å²) in [4.78, 5) is 0.0629. The highest BCUT2D eigenvalue weighted by Gasteiger charge is 2.28. The summed E-state index contributed by atoms with van der Waals surface area (Å²) in [5.41, 5.74) is 0.891. The highest BCUT2D eigenvalue weighted by molar-refractivity contribution is 7.89. The minimum atomic E-state index is -3.82. The second-order valence-corrected chi connectivity index (χ2v) is 7.68. The number of benzene rings is 1. The van der Waals surface area contributed by atoms with Crippen molar-refractivity contribution in [2.45, 2.75) is 24.9 Å². The Labute approximate surface area is 145 Å². The van der Waals surface area contributed by atoms with E-state index in [0.29, 0.717) is 11.5 Å². The summed E-state index contributed by atoms with van der Waals surface area (Å²) in [7, 11) is -3.82. The highest BCUT2D eigenvalue weighted by atomic mass is 35.5. The topological polar surface area (TPSA) is 63.7 Å². The quantitative estimate of drug-likeness (QED) is 0.655. The molecule has 0 saturated carbocycles. The number of hydrogen-bond acceptors (Lipinski definition) is 4. The molecule has 7 heteroatoms. The normalized spacial score (nSPS) is 12.0. The Morgan fingerprint density at radius 1 is 1.00 bits per heavy atom. The van der Waals surface area contributed by atoms with Crippen LogP contribution in [-0.4, -0.2) is 12.7 Å². The van der Waals surface area contributed by atoms with Gasteiger partial charge in [-0.15, -0.1) is 0 Å².